The Hall–Kier alpha value is -3.61. The first-order chi connectivity index (χ1) is 15.6. The van der Waals surface area contributed by atoms with E-state index in [-0.39, 0.29) is 11.6 Å². The lowest BCUT2D eigenvalue weighted by molar-refractivity contribution is 0.0694. The highest BCUT2D eigenvalue weighted by molar-refractivity contribution is 5.88. The fourth-order valence-corrected chi connectivity index (χ4v) is 4.24. The lowest BCUT2D eigenvalue weighted by Crippen LogP contribution is -2.26. The maximum Gasteiger partial charge on any atom is 0.339 e. The molecule has 0 unspecified atom stereocenters. The van der Waals surface area contributed by atoms with Crippen molar-refractivity contribution in [3.8, 4) is 11.5 Å². The van der Waals surface area contributed by atoms with Crippen molar-refractivity contribution in [3.05, 3.63) is 77.1 Å². The van der Waals surface area contributed by atoms with Gasteiger partial charge in [0.15, 0.2) is 0 Å². The van der Waals surface area contributed by atoms with Gasteiger partial charge in [0.05, 0.1) is 31.5 Å². The Morgan fingerprint density at radius 2 is 1.94 bits per heavy atom. The largest absolute Gasteiger partial charge is 0.497 e. The van der Waals surface area contributed by atoms with Crippen LogP contribution in [0.1, 0.15) is 46.1 Å². The fraction of sp³-hybridized carbons (Fsp3) is 0.320. The minimum Gasteiger partial charge on any atom is -0.497 e. The molecule has 1 aliphatic heterocycles. The molecule has 2 heterocycles. The summed E-state index contributed by atoms with van der Waals surface area (Å²) in [6.45, 7) is 0.796. The number of hydrogen-bond acceptors (Lipinski definition) is 6. The van der Waals surface area contributed by atoms with Crippen LogP contribution in [-0.4, -0.2) is 41.8 Å². The van der Waals surface area contributed by atoms with Gasteiger partial charge in [-0.05, 0) is 43.4 Å². The minimum absolute atomic E-state index is 0.0495. The average Bonchev–Trinajstić information content (AvgIpc) is 3.32. The Kier molecular flexibility index (Phi) is 6.54. The highest BCUT2D eigenvalue weighted by atomic mass is 16.5. The molecule has 4 rings (SSSR count). The third kappa shape index (κ3) is 4.51. The SMILES string of the molecule is COc1ccc([C@H]2CCCN2c2ncc(C(=O)O)c(CCc3ccccc3)n2)c(OC)c1. The molecular weight excluding hydrogens is 406 g/mol. The summed E-state index contributed by atoms with van der Waals surface area (Å²) in [5, 5.41) is 9.64. The zero-order chi connectivity index (χ0) is 22.5. The van der Waals surface area contributed by atoms with E-state index in [2.05, 4.69) is 9.88 Å². The van der Waals surface area contributed by atoms with Gasteiger partial charge >= 0.3 is 5.97 Å². The van der Waals surface area contributed by atoms with E-state index < -0.39 is 5.97 Å². The van der Waals surface area contributed by atoms with Gasteiger partial charge in [0.2, 0.25) is 5.95 Å². The van der Waals surface area contributed by atoms with Crippen LogP contribution in [-0.2, 0) is 12.8 Å². The van der Waals surface area contributed by atoms with Crippen molar-refractivity contribution < 1.29 is 19.4 Å². The van der Waals surface area contributed by atoms with Gasteiger partial charge < -0.3 is 19.5 Å². The molecule has 0 amide bonds. The van der Waals surface area contributed by atoms with E-state index in [9.17, 15) is 9.90 Å². The number of carboxylic acid groups (broad SMARTS) is 1. The van der Waals surface area contributed by atoms with Gasteiger partial charge in [0.1, 0.15) is 11.5 Å². The molecule has 166 valence electrons. The lowest BCUT2D eigenvalue weighted by atomic mass is 10.0. The van der Waals surface area contributed by atoms with Gasteiger partial charge in [-0.1, -0.05) is 30.3 Å². The highest BCUT2D eigenvalue weighted by Gasteiger charge is 2.31. The van der Waals surface area contributed by atoms with Crippen molar-refractivity contribution in [2.45, 2.75) is 31.7 Å². The minimum atomic E-state index is -1.01. The Morgan fingerprint density at radius 3 is 2.66 bits per heavy atom. The summed E-state index contributed by atoms with van der Waals surface area (Å²) < 4.78 is 10.9. The molecule has 1 fully saturated rings. The van der Waals surface area contributed by atoms with Crippen LogP contribution in [0, 0.1) is 0 Å². The molecule has 0 radical (unpaired) electrons. The van der Waals surface area contributed by atoms with Gasteiger partial charge in [-0.3, -0.25) is 0 Å². The summed E-state index contributed by atoms with van der Waals surface area (Å²) in [7, 11) is 3.28. The first kappa shape index (κ1) is 21.6. The zero-order valence-corrected chi connectivity index (χ0v) is 18.3. The van der Waals surface area contributed by atoms with Gasteiger partial charge in [-0.2, -0.15) is 0 Å². The number of aryl methyl sites for hydroxylation is 2. The summed E-state index contributed by atoms with van der Waals surface area (Å²) >= 11 is 0. The van der Waals surface area contributed by atoms with Gasteiger partial charge in [-0.15, -0.1) is 0 Å². The predicted molar refractivity (Wildman–Crippen MR) is 122 cm³/mol. The number of rotatable bonds is 8. The molecule has 0 saturated carbocycles. The molecule has 1 aliphatic rings. The summed E-state index contributed by atoms with van der Waals surface area (Å²) in [6, 6.07) is 15.9. The van der Waals surface area contributed by atoms with E-state index >= 15 is 0 Å². The molecule has 2 aromatic carbocycles. The quantitative estimate of drug-likeness (QED) is 0.566. The number of aromatic carboxylic acids is 1. The third-order valence-electron chi connectivity index (χ3n) is 5.89. The van der Waals surface area contributed by atoms with E-state index in [0.29, 0.717) is 24.5 Å². The maximum absolute atomic E-state index is 11.8. The van der Waals surface area contributed by atoms with E-state index in [4.69, 9.17) is 14.5 Å². The van der Waals surface area contributed by atoms with Crippen LogP contribution in [0.5, 0.6) is 11.5 Å². The second-order valence-corrected chi connectivity index (χ2v) is 7.78. The molecule has 0 aliphatic carbocycles. The maximum atomic E-state index is 11.8. The van der Waals surface area contributed by atoms with Crippen LogP contribution in [0.2, 0.25) is 0 Å². The van der Waals surface area contributed by atoms with Crippen LogP contribution in [0.3, 0.4) is 0 Å². The van der Waals surface area contributed by atoms with E-state index in [1.807, 2.05) is 48.5 Å². The van der Waals surface area contributed by atoms with Crippen molar-refractivity contribution in [3.63, 3.8) is 0 Å². The molecule has 7 nitrogen and oxygen atoms in total. The number of anilines is 1. The number of carbonyl (C=O) groups is 1. The standard InChI is InChI=1S/C25H27N3O4/c1-31-18-11-12-19(23(15-18)32-2)22-9-6-14-28(22)25-26-16-20(24(29)30)21(27-25)13-10-17-7-4-3-5-8-17/h3-5,7-8,11-12,15-16,22H,6,9-10,13-14H2,1-2H3,(H,29,30)/t22-/m1/s1. The van der Waals surface area contributed by atoms with Crippen LogP contribution in [0.25, 0.3) is 0 Å². The van der Waals surface area contributed by atoms with Gasteiger partial charge in [-0.25, -0.2) is 14.8 Å². The summed E-state index contributed by atoms with van der Waals surface area (Å²) in [4.78, 5) is 23.1. The first-order valence-electron chi connectivity index (χ1n) is 10.7. The predicted octanol–water partition coefficient (Wildman–Crippen LogP) is 4.32. The molecule has 0 bridgehead atoms. The Bertz CT molecular complexity index is 1090. The number of ether oxygens (including phenoxy) is 2. The fourth-order valence-electron chi connectivity index (χ4n) is 4.24. The molecular formula is C25H27N3O4. The molecule has 1 atom stereocenters. The van der Waals surface area contributed by atoms with E-state index in [0.717, 1.165) is 42.0 Å². The van der Waals surface area contributed by atoms with Gasteiger partial charge in [0, 0.05) is 24.4 Å². The van der Waals surface area contributed by atoms with Crippen molar-refractivity contribution in [1.82, 2.24) is 9.97 Å². The number of nitrogens with zero attached hydrogens (tertiary/aromatic N) is 3. The zero-order valence-electron chi connectivity index (χ0n) is 18.3. The van der Waals surface area contributed by atoms with E-state index in [1.54, 1.807) is 14.2 Å². The molecule has 3 aromatic rings. The lowest BCUT2D eigenvalue weighted by Gasteiger charge is -2.27. The number of aromatic nitrogens is 2. The smallest absolute Gasteiger partial charge is 0.339 e. The number of methoxy groups -OCH3 is 2. The Balaban J connectivity index is 1.64. The summed E-state index contributed by atoms with van der Waals surface area (Å²) in [5.74, 6) is 1.04. The molecule has 1 saturated heterocycles. The van der Waals surface area contributed by atoms with Crippen LogP contribution >= 0.6 is 0 Å². The second kappa shape index (κ2) is 9.68. The van der Waals surface area contributed by atoms with Crippen molar-refractivity contribution in [1.29, 1.82) is 0 Å². The first-order valence-corrected chi connectivity index (χ1v) is 10.7. The third-order valence-corrected chi connectivity index (χ3v) is 5.89. The van der Waals surface area contributed by atoms with Gasteiger partial charge in [0.25, 0.3) is 0 Å². The number of carboxylic acids is 1. The monoisotopic (exact) mass is 433 g/mol. The second-order valence-electron chi connectivity index (χ2n) is 7.78. The Labute approximate surface area is 187 Å². The molecule has 1 aromatic heterocycles. The summed E-state index contributed by atoms with van der Waals surface area (Å²) in [6.07, 6.45) is 4.61. The normalized spacial score (nSPS) is 15.6. The molecule has 1 N–H and O–H groups in total. The summed E-state index contributed by atoms with van der Waals surface area (Å²) in [5.41, 5.74) is 2.90. The van der Waals surface area contributed by atoms with Crippen molar-refractivity contribution in [2.24, 2.45) is 0 Å². The molecule has 32 heavy (non-hydrogen) atoms. The molecule has 7 heteroatoms. The Morgan fingerprint density at radius 1 is 1.12 bits per heavy atom. The average molecular weight is 434 g/mol. The number of hydrogen-bond donors (Lipinski definition) is 1. The van der Waals surface area contributed by atoms with Crippen LogP contribution in [0.4, 0.5) is 5.95 Å². The topological polar surface area (TPSA) is 84.8 Å². The van der Waals surface area contributed by atoms with Crippen LogP contribution in [0.15, 0.2) is 54.7 Å². The van der Waals surface area contributed by atoms with Crippen molar-refractivity contribution in [2.75, 3.05) is 25.7 Å². The molecule has 0 spiro atoms. The van der Waals surface area contributed by atoms with Crippen LogP contribution < -0.4 is 14.4 Å². The number of benzene rings is 2. The highest BCUT2D eigenvalue weighted by Crippen LogP contribution is 2.40. The van der Waals surface area contributed by atoms with Crippen molar-refractivity contribution >= 4 is 11.9 Å². The van der Waals surface area contributed by atoms with E-state index in [1.165, 1.54) is 6.20 Å².